The van der Waals surface area contributed by atoms with E-state index in [-0.39, 0.29) is 5.91 Å². The second kappa shape index (κ2) is 9.28. The third-order valence-electron chi connectivity index (χ3n) is 6.24. The van der Waals surface area contributed by atoms with Crippen molar-refractivity contribution in [2.75, 3.05) is 37.3 Å². The van der Waals surface area contributed by atoms with Crippen LogP contribution in [0.4, 0.5) is 5.82 Å². The molecule has 0 aromatic carbocycles. The summed E-state index contributed by atoms with van der Waals surface area (Å²) in [7, 11) is 0. The predicted molar refractivity (Wildman–Crippen MR) is 123 cm³/mol. The van der Waals surface area contributed by atoms with Gasteiger partial charge in [0.25, 0.3) is 5.91 Å². The Morgan fingerprint density at radius 1 is 1.09 bits per heavy atom. The van der Waals surface area contributed by atoms with Crippen molar-refractivity contribution >= 4 is 23.5 Å². The summed E-state index contributed by atoms with van der Waals surface area (Å²) in [6, 6.07) is 7.65. The van der Waals surface area contributed by atoms with Crippen molar-refractivity contribution in [2.24, 2.45) is 0 Å². The molecule has 2 aliphatic rings. The molecule has 1 saturated carbocycles. The Bertz CT molecular complexity index is 1070. The van der Waals surface area contributed by atoms with Crippen LogP contribution < -0.4 is 4.90 Å². The summed E-state index contributed by atoms with van der Waals surface area (Å²) in [5, 5.41) is 4.93. The summed E-state index contributed by atoms with van der Waals surface area (Å²) < 4.78 is 5.49. The summed E-state index contributed by atoms with van der Waals surface area (Å²) in [6.07, 6.45) is 10.2. The topological polar surface area (TPSA) is 88.3 Å². The van der Waals surface area contributed by atoms with Crippen molar-refractivity contribution in [2.45, 2.75) is 36.6 Å². The lowest BCUT2D eigenvalue weighted by molar-refractivity contribution is 0.0742. The van der Waals surface area contributed by atoms with E-state index in [2.05, 4.69) is 25.0 Å². The van der Waals surface area contributed by atoms with Crippen LogP contribution in [-0.4, -0.2) is 63.4 Å². The largest absolute Gasteiger partial charge is 0.353 e. The SMILES string of the molecule is CSc1ncccc1C(=O)N1CCN(c2ccc(-c3noc(C4CCCC4)n3)cn2)CC1. The minimum atomic E-state index is 0.0422. The van der Waals surface area contributed by atoms with Gasteiger partial charge < -0.3 is 14.3 Å². The number of thioether (sulfide) groups is 1. The van der Waals surface area contributed by atoms with Gasteiger partial charge in [-0.15, -0.1) is 11.8 Å². The highest BCUT2D eigenvalue weighted by Crippen LogP contribution is 2.34. The highest BCUT2D eigenvalue weighted by molar-refractivity contribution is 7.98. The fourth-order valence-electron chi connectivity index (χ4n) is 4.42. The normalized spacial score (nSPS) is 17.2. The number of pyridine rings is 2. The van der Waals surface area contributed by atoms with Crippen LogP contribution in [0.15, 0.2) is 46.2 Å². The van der Waals surface area contributed by atoms with E-state index in [1.54, 1.807) is 12.4 Å². The molecular weight excluding hydrogens is 424 g/mol. The molecule has 5 rings (SSSR count). The summed E-state index contributed by atoms with van der Waals surface area (Å²) >= 11 is 1.50. The first-order valence-electron chi connectivity index (χ1n) is 11.1. The van der Waals surface area contributed by atoms with E-state index in [1.807, 2.05) is 35.4 Å². The van der Waals surface area contributed by atoms with Gasteiger partial charge in [0.05, 0.1) is 5.56 Å². The first-order chi connectivity index (χ1) is 15.7. The van der Waals surface area contributed by atoms with Crippen molar-refractivity contribution in [3.8, 4) is 11.4 Å². The highest BCUT2D eigenvalue weighted by atomic mass is 32.2. The molecule has 8 nitrogen and oxygen atoms in total. The van der Waals surface area contributed by atoms with Gasteiger partial charge in [-0.25, -0.2) is 9.97 Å². The predicted octanol–water partition coefficient (Wildman–Crippen LogP) is 3.87. The van der Waals surface area contributed by atoms with Crippen molar-refractivity contribution in [1.29, 1.82) is 0 Å². The second-order valence-corrected chi connectivity index (χ2v) is 8.98. The number of piperazine rings is 1. The molecule has 32 heavy (non-hydrogen) atoms. The fourth-order valence-corrected chi connectivity index (χ4v) is 4.96. The van der Waals surface area contributed by atoms with E-state index in [1.165, 1.54) is 24.6 Å². The van der Waals surface area contributed by atoms with E-state index in [4.69, 9.17) is 4.52 Å². The number of rotatable bonds is 5. The fraction of sp³-hybridized carbons (Fsp3) is 0.435. The molecule has 0 bridgehead atoms. The average molecular weight is 451 g/mol. The Kier molecular flexibility index (Phi) is 6.07. The number of carbonyl (C=O) groups is 1. The summed E-state index contributed by atoms with van der Waals surface area (Å²) in [5.74, 6) is 2.69. The number of aromatic nitrogens is 4. The van der Waals surface area contributed by atoms with E-state index in [9.17, 15) is 4.79 Å². The molecule has 0 spiro atoms. The van der Waals surface area contributed by atoms with Crippen LogP contribution in [0.1, 0.15) is 47.8 Å². The summed E-state index contributed by atoms with van der Waals surface area (Å²) in [4.78, 5) is 30.6. The Morgan fingerprint density at radius 3 is 2.62 bits per heavy atom. The summed E-state index contributed by atoms with van der Waals surface area (Å²) in [5.41, 5.74) is 1.53. The lowest BCUT2D eigenvalue weighted by Gasteiger charge is -2.35. The third kappa shape index (κ3) is 4.21. The van der Waals surface area contributed by atoms with E-state index >= 15 is 0 Å². The van der Waals surface area contributed by atoms with Gasteiger partial charge in [-0.2, -0.15) is 4.98 Å². The van der Waals surface area contributed by atoms with Gasteiger partial charge in [0.2, 0.25) is 11.7 Å². The van der Waals surface area contributed by atoms with Gasteiger partial charge in [-0.05, 0) is 43.4 Å². The van der Waals surface area contributed by atoms with Gasteiger partial charge in [0, 0.05) is 50.1 Å². The zero-order chi connectivity index (χ0) is 21.9. The lowest BCUT2D eigenvalue weighted by Crippen LogP contribution is -2.49. The van der Waals surface area contributed by atoms with Gasteiger partial charge in [0.15, 0.2) is 0 Å². The number of hydrogen-bond acceptors (Lipinski definition) is 8. The Morgan fingerprint density at radius 2 is 1.91 bits per heavy atom. The number of nitrogens with zero attached hydrogens (tertiary/aromatic N) is 6. The van der Waals surface area contributed by atoms with E-state index in [0.717, 1.165) is 48.2 Å². The molecule has 0 radical (unpaired) electrons. The molecular formula is C23H26N6O2S. The van der Waals surface area contributed by atoms with Crippen LogP contribution in [0, 0.1) is 0 Å². The average Bonchev–Trinajstić information content (AvgIpc) is 3.56. The maximum atomic E-state index is 12.9. The van der Waals surface area contributed by atoms with E-state index < -0.39 is 0 Å². The Hall–Kier alpha value is -2.94. The number of carbonyl (C=O) groups excluding carboxylic acids is 1. The smallest absolute Gasteiger partial charge is 0.256 e. The second-order valence-electron chi connectivity index (χ2n) is 8.18. The molecule has 3 aromatic heterocycles. The molecule has 1 saturated heterocycles. The van der Waals surface area contributed by atoms with Crippen LogP contribution in [0.25, 0.3) is 11.4 Å². The van der Waals surface area contributed by atoms with Crippen LogP contribution in [0.5, 0.6) is 0 Å². The first-order valence-corrected chi connectivity index (χ1v) is 12.3. The van der Waals surface area contributed by atoms with Crippen LogP contribution in [0.3, 0.4) is 0 Å². The maximum absolute atomic E-state index is 12.9. The van der Waals surface area contributed by atoms with Gasteiger partial charge in [-0.1, -0.05) is 18.0 Å². The Labute approximate surface area is 191 Å². The molecule has 1 aliphatic heterocycles. The molecule has 0 unspecified atom stereocenters. The monoisotopic (exact) mass is 450 g/mol. The highest BCUT2D eigenvalue weighted by Gasteiger charge is 2.26. The third-order valence-corrected chi connectivity index (χ3v) is 6.95. The van der Waals surface area contributed by atoms with Crippen molar-refractivity contribution in [3.63, 3.8) is 0 Å². The molecule has 0 N–H and O–H groups in total. The minimum Gasteiger partial charge on any atom is -0.353 e. The van der Waals surface area contributed by atoms with Crippen LogP contribution >= 0.6 is 11.8 Å². The molecule has 2 fully saturated rings. The molecule has 4 heterocycles. The molecule has 1 aliphatic carbocycles. The lowest BCUT2D eigenvalue weighted by atomic mass is 10.1. The van der Waals surface area contributed by atoms with Crippen molar-refractivity contribution in [1.82, 2.24) is 25.0 Å². The molecule has 166 valence electrons. The number of amides is 1. The quantitative estimate of drug-likeness (QED) is 0.542. The molecule has 0 atom stereocenters. The zero-order valence-electron chi connectivity index (χ0n) is 18.1. The van der Waals surface area contributed by atoms with E-state index in [0.29, 0.717) is 30.4 Å². The molecule has 3 aromatic rings. The molecule has 9 heteroatoms. The standard InChI is InChI=1S/C23H26N6O2S/c1-32-22-18(7-4-10-24-22)23(30)29-13-11-28(12-14-29)19-9-8-17(15-25-19)20-26-21(31-27-20)16-5-2-3-6-16/h4,7-10,15-16H,2-3,5-6,11-14H2,1H3. The summed E-state index contributed by atoms with van der Waals surface area (Å²) in [6.45, 7) is 2.78. The van der Waals surface area contributed by atoms with Gasteiger partial charge >= 0.3 is 0 Å². The number of hydrogen-bond donors (Lipinski definition) is 0. The number of anilines is 1. The van der Waals surface area contributed by atoms with Crippen LogP contribution in [0.2, 0.25) is 0 Å². The van der Waals surface area contributed by atoms with Crippen LogP contribution in [-0.2, 0) is 0 Å². The van der Waals surface area contributed by atoms with Gasteiger partial charge in [0.1, 0.15) is 10.8 Å². The Balaban J connectivity index is 1.21. The zero-order valence-corrected chi connectivity index (χ0v) is 18.9. The first kappa shape index (κ1) is 20.9. The van der Waals surface area contributed by atoms with Gasteiger partial charge in [-0.3, -0.25) is 4.79 Å². The van der Waals surface area contributed by atoms with Crippen molar-refractivity contribution < 1.29 is 9.32 Å². The maximum Gasteiger partial charge on any atom is 0.256 e. The molecule has 1 amide bonds. The minimum absolute atomic E-state index is 0.0422. The van der Waals surface area contributed by atoms with Crippen molar-refractivity contribution in [3.05, 3.63) is 48.1 Å².